The van der Waals surface area contributed by atoms with Crippen LogP contribution >= 0.6 is 0 Å². The summed E-state index contributed by atoms with van der Waals surface area (Å²) in [5, 5.41) is 5.01. The molecule has 0 fully saturated rings. The highest BCUT2D eigenvalue weighted by Crippen LogP contribution is 2.31. The first-order chi connectivity index (χ1) is 12.2. The van der Waals surface area contributed by atoms with Gasteiger partial charge in [-0.15, -0.1) is 0 Å². The summed E-state index contributed by atoms with van der Waals surface area (Å²) in [6, 6.07) is 19.1. The zero-order valence-corrected chi connectivity index (χ0v) is 14.0. The standard InChI is InChI=1S/C21H17NO3/c1-13-6-5-8-17(20(13)24-2)21(23)22-14-10-11-16-15-7-3-4-9-18(15)25-19(16)12-14/h3-12H,1-2H3,(H,22,23). The molecule has 4 aromatic rings. The number of nitrogens with one attached hydrogen (secondary N) is 1. The number of methoxy groups -OCH3 is 1. The first-order valence-electron chi connectivity index (χ1n) is 8.03. The molecule has 0 radical (unpaired) electrons. The number of benzene rings is 3. The molecule has 1 aromatic heterocycles. The van der Waals surface area contributed by atoms with E-state index in [1.807, 2.05) is 61.5 Å². The number of fused-ring (bicyclic) bond motifs is 3. The number of carbonyl (C=O) groups excluding carboxylic acids is 1. The van der Waals surface area contributed by atoms with Gasteiger partial charge in [-0.2, -0.15) is 0 Å². The smallest absolute Gasteiger partial charge is 0.259 e. The molecule has 0 saturated carbocycles. The minimum Gasteiger partial charge on any atom is -0.496 e. The Kier molecular flexibility index (Phi) is 3.65. The van der Waals surface area contributed by atoms with E-state index in [0.717, 1.165) is 27.5 Å². The van der Waals surface area contributed by atoms with E-state index in [4.69, 9.17) is 9.15 Å². The Bertz CT molecular complexity index is 1090. The lowest BCUT2D eigenvalue weighted by molar-refractivity contribution is 0.102. The van der Waals surface area contributed by atoms with E-state index in [1.165, 1.54) is 0 Å². The lowest BCUT2D eigenvalue weighted by atomic mass is 10.1. The number of furan rings is 1. The van der Waals surface area contributed by atoms with Crippen molar-refractivity contribution in [1.29, 1.82) is 0 Å². The number of anilines is 1. The minimum absolute atomic E-state index is 0.212. The third kappa shape index (κ3) is 2.62. The molecule has 0 atom stereocenters. The molecule has 0 saturated heterocycles. The Morgan fingerprint density at radius 3 is 2.60 bits per heavy atom. The van der Waals surface area contributed by atoms with Gasteiger partial charge in [-0.05, 0) is 36.8 Å². The Labute approximate surface area is 145 Å². The monoisotopic (exact) mass is 331 g/mol. The van der Waals surface area contributed by atoms with Crippen molar-refractivity contribution < 1.29 is 13.9 Å². The van der Waals surface area contributed by atoms with Crippen LogP contribution in [0.1, 0.15) is 15.9 Å². The van der Waals surface area contributed by atoms with Gasteiger partial charge in [0.15, 0.2) is 0 Å². The molecule has 1 heterocycles. The van der Waals surface area contributed by atoms with Gasteiger partial charge in [0.25, 0.3) is 5.91 Å². The van der Waals surface area contributed by atoms with Crippen molar-refractivity contribution in [3.05, 3.63) is 71.8 Å². The molecule has 4 nitrogen and oxygen atoms in total. The lowest BCUT2D eigenvalue weighted by Gasteiger charge is -2.11. The molecule has 1 amide bonds. The summed E-state index contributed by atoms with van der Waals surface area (Å²) < 4.78 is 11.2. The summed E-state index contributed by atoms with van der Waals surface area (Å²) in [6.07, 6.45) is 0. The Balaban J connectivity index is 1.70. The zero-order chi connectivity index (χ0) is 17.4. The summed E-state index contributed by atoms with van der Waals surface area (Å²) in [6.45, 7) is 1.91. The van der Waals surface area contributed by atoms with Crippen LogP contribution in [-0.4, -0.2) is 13.0 Å². The summed E-state index contributed by atoms with van der Waals surface area (Å²) in [5.74, 6) is 0.376. The highest BCUT2D eigenvalue weighted by Gasteiger charge is 2.15. The van der Waals surface area contributed by atoms with E-state index in [-0.39, 0.29) is 5.91 Å². The second-order valence-electron chi connectivity index (χ2n) is 5.92. The number of amides is 1. The van der Waals surface area contributed by atoms with Gasteiger partial charge >= 0.3 is 0 Å². The van der Waals surface area contributed by atoms with Crippen LogP contribution in [0.15, 0.2) is 65.1 Å². The van der Waals surface area contributed by atoms with E-state index in [0.29, 0.717) is 17.0 Å². The van der Waals surface area contributed by atoms with Crippen molar-refractivity contribution in [2.45, 2.75) is 6.92 Å². The fourth-order valence-electron chi connectivity index (χ4n) is 3.10. The summed E-state index contributed by atoms with van der Waals surface area (Å²) in [7, 11) is 1.57. The number of hydrogen-bond donors (Lipinski definition) is 1. The van der Waals surface area contributed by atoms with Crippen molar-refractivity contribution in [3.63, 3.8) is 0 Å². The number of para-hydroxylation sites is 2. The van der Waals surface area contributed by atoms with Crippen molar-refractivity contribution in [1.82, 2.24) is 0 Å². The van der Waals surface area contributed by atoms with Gasteiger partial charge in [0.05, 0.1) is 12.7 Å². The van der Waals surface area contributed by atoms with E-state index in [2.05, 4.69) is 5.32 Å². The molecule has 1 N–H and O–H groups in total. The Morgan fingerprint density at radius 2 is 1.76 bits per heavy atom. The SMILES string of the molecule is COc1c(C)cccc1C(=O)Nc1ccc2c(c1)oc1ccccc12. The zero-order valence-electron chi connectivity index (χ0n) is 14.0. The van der Waals surface area contributed by atoms with Gasteiger partial charge < -0.3 is 14.5 Å². The molecule has 0 aliphatic carbocycles. The van der Waals surface area contributed by atoms with Crippen LogP contribution in [0.3, 0.4) is 0 Å². The highest BCUT2D eigenvalue weighted by atomic mass is 16.5. The fraction of sp³-hybridized carbons (Fsp3) is 0.0952. The molecule has 124 valence electrons. The second kappa shape index (κ2) is 5.98. The van der Waals surface area contributed by atoms with Crippen molar-refractivity contribution >= 4 is 33.5 Å². The van der Waals surface area contributed by atoms with E-state index >= 15 is 0 Å². The molecule has 4 heteroatoms. The molecule has 0 unspecified atom stereocenters. The molecular formula is C21H17NO3. The van der Waals surface area contributed by atoms with E-state index in [1.54, 1.807) is 13.2 Å². The molecule has 0 spiro atoms. The Morgan fingerprint density at radius 1 is 0.960 bits per heavy atom. The molecular weight excluding hydrogens is 314 g/mol. The molecule has 25 heavy (non-hydrogen) atoms. The summed E-state index contributed by atoms with van der Waals surface area (Å²) >= 11 is 0. The van der Waals surface area contributed by atoms with E-state index in [9.17, 15) is 4.79 Å². The molecule has 0 bridgehead atoms. The second-order valence-corrected chi connectivity index (χ2v) is 5.92. The van der Waals surface area contributed by atoms with Crippen LogP contribution in [0.2, 0.25) is 0 Å². The van der Waals surface area contributed by atoms with Crippen LogP contribution in [0.4, 0.5) is 5.69 Å². The van der Waals surface area contributed by atoms with Crippen molar-refractivity contribution in [2.75, 3.05) is 12.4 Å². The largest absolute Gasteiger partial charge is 0.496 e. The third-order valence-corrected chi connectivity index (χ3v) is 4.30. The molecule has 3 aromatic carbocycles. The van der Waals surface area contributed by atoms with Crippen LogP contribution in [-0.2, 0) is 0 Å². The van der Waals surface area contributed by atoms with Crippen LogP contribution in [0.25, 0.3) is 21.9 Å². The first kappa shape index (κ1) is 15.3. The predicted octanol–water partition coefficient (Wildman–Crippen LogP) is 5.16. The highest BCUT2D eigenvalue weighted by molar-refractivity contribution is 6.09. The maximum atomic E-state index is 12.6. The number of rotatable bonds is 3. The van der Waals surface area contributed by atoms with Crippen molar-refractivity contribution in [3.8, 4) is 5.75 Å². The van der Waals surface area contributed by atoms with Gasteiger partial charge in [0, 0.05) is 22.5 Å². The predicted molar refractivity (Wildman–Crippen MR) is 99.4 cm³/mol. The van der Waals surface area contributed by atoms with Gasteiger partial charge in [-0.3, -0.25) is 4.79 Å². The average Bonchev–Trinajstić information content (AvgIpc) is 2.99. The van der Waals surface area contributed by atoms with Crippen LogP contribution < -0.4 is 10.1 Å². The topological polar surface area (TPSA) is 51.5 Å². The van der Waals surface area contributed by atoms with Crippen LogP contribution in [0, 0.1) is 6.92 Å². The van der Waals surface area contributed by atoms with Gasteiger partial charge in [-0.25, -0.2) is 0 Å². The third-order valence-electron chi connectivity index (χ3n) is 4.30. The van der Waals surface area contributed by atoms with Crippen LogP contribution in [0.5, 0.6) is 5.75 Å². The van der Waals surface area contributed by atoms with Gasteiger partial charge in [-0.1, -0.05) is 30.3 Å². The van der Waals surface area contributed by atoms with Gasteiger partial charge in [0.1, 0.15) is 16.9 Å². The maximum absolute atomic E-state index is 12.6. The number of ether oxygens (including phenoxy) is 1. The quantitative estimate of drug-likeness (QED) is 0.564. The summed E-state index contributed by atoms with van der Waals surface area (Å²) in [5.41, 5.74) is 3.69. The number of aryl methyl sites for hydroxylation is 1. The summed E-state index contributed by atoms with van der Waals surface area (Å²) in [4.78, 5) is 12.6. The Hall–Kier alpha value is -3.27. The average molecular weight is 331 g/mol. The van der Waals surface area contributed by atoms with Gasteiger partial charge in [0.2, 0.25) is 0 Å². The first-order valence-corrected chi connectivity index (χ1v) is 8.03. The minimum atomic E-state index is -0.212. The normalized spacial score (nSPS) is 11.0. The molecule has 0 aliphatic heterocycles. The molecule has 0 aliphatic rings. The fourth-order valence-corrected chi connectivity index (χ4v) is 3.10. The number of carbonyl (C=O) groups is 1. The molecule has 4 rings (SSSR count). The van der Waals surface area contributed by atoms with E-state index < -0.39 is 0 Å². The number of hydrogen-bond acceptors (Lipinski definition) is 3. The maximum Gasteiger partial charge on any atom is 0.259 e. The van der Waals surface area contributed by atoms with Crippen molar-refractivity contribution in [2.24, 2.45) is 0 Å². The lowest BCUT2D eigenvalue weighted by Crippen LogP contribution is -2.13.